The SMILES string of the molecule is CN(C)CCN1CCc2ccc(C(=O)O)cc21. The van der Waals surface area contributed by atoms with E-state index in [0.717, 1.165) is 31.7 Å². The first-order chi connectivity index (χ1) is 8.08. The van der Waals surface area contributed by atoms with Gasteiger partial charge < -0.3 is 14.9 Å². The van der Waals surface area contributed by atoms with Crippen molar-refractivity contribution >= 4 is 11.7 Å². The average molecular weight is 234 g/mol. The van der Waals surface area contributed by atoms with Crippen molar-refractivity contribution in [2.75, 3.05) is 38.6 Å². The van der Waals surface area contributed by atoms with Crippen LogP contribution in [0.2, 0.25) is 0 Å². The molecule has 4 heteroatoms. The highest BCUT2D eigenvalue weighted by atomic mass is 16.4. The molecule has 0 atom stereocenters. The van der Waals surface area contributed by atoms with Gasteiger partial charge >= 0.3 is 5.97 Å². The minimum Gasteiger partial charge on any atom is -0.478 e. The number of carboxylic acid groups (broad SMARTS) is 1. The molecule has 0 saturated carbocycles. The lowest BCUT2D eigenvalue weighted by molar-refractivity contribution is 0.0697. The third kappa shape index (κ3) is 2.58. The van der Waals surface area contributed by atoms with Crippen LogP contribution < -0.4 is 4.90 Å². The summed E-state index contributed by atoms with van der Waals surface area (Å²) < 4.78 is 0. The van der Waals surface area contributed by atoms with Crippen LogP contribution in [0.1, 0.15) is 15.9 Å². The van der Waals surface area contributed by atoms with Crippen LogP contribution in [0.15, 0.2) is 18.2 Å². The van der Waals surface area contributed by atoms with E-state index in [2.05, 4.69) is 9.80 Å². The maximum atomic E-state index is 10.9. The van der Waals surface area contributed by atoms with E-state index in [1.165, 1.54) is 5.56 Å². The second-order valence-electron chi connectivity index (χ2n) is 4.69. The smallest absolute Gasteiger partial charge is 0.335 e. The van der Waals surface area contributed by atoms with E-state index in [0.29, 0.717) is 5.56 Å². The van der Waals surface area contributed by atoms with E-state index in [1.54, 1.807) is 12.1 Å². The molecule has 1 N–H and O–H groups in total. The summed E-state index contributed by atoms with van der Waals surface area (Å²) in [6.45, 7) is 2.92. The summed E-state index contributed by atoms with van der Waals surface area (Å²) >= 11 is 0. The predicted molar refractivity (Wildman–Crippen MR) is 67.9 cm³/mol. The zero-order valence-electron chi connectivity index (χ0n) is 10.3. The van der Waals surface area contributed by atoms with Gasteiger partial charge in [0.05, 0.1) is 5.56 Å². The summed E-state index contributed by atoms with van der Waals surface area (Å²) in [5.74, 6) is -0.854. The van der Waals surface area contributed by atoms with Gasteiger partial charge in [0.25, 0.3) is 0 Å². The standard InChI is InChI=1S/C13H18N2O2/c1-14(2)7-8-15-6-5-10-3-4-11(13(16)17)9-12(10)15/h3-4,9H,5-8H2,1-2H3,(H,16,17). The molecule has 4 nitrogen and oxygen atoms in total. The highest BCUT2D eigenvalue weighted by Crippen LogP contribution is 2.28. The highest BCUT2D eigenvalue weighted by molar-refractivity contribution is 5.89. The molecule has 1 aromatic carbocycles. The van der Waals surface area contributed by atoms with Gasteiger partial charge in [-0.25, -0.2) is 4.79 Å². The predicted octanol–water partition coefficient (Wildman–Crippen LogP) is 1.31. The second-order valence-corrected chi connectivity index (χ2v) is 4.69. The van der Waals surface area contributed by atoms with Gasteiger partial charge in [-0.3, -0.25) is 0 Å². The number of likely N-dealkylation sites (N-methyl/N-ethyl adjacent to an activating group) is 1. The first kappa shape index (κ1) is 11.9. The minimum atomic E-state index is -0.854. The van der Waals surface area contributed by atoms with E-state index in [4.69, 9.17) is 5.11 Å². The maximum absolute atomic E-state index is 10.9. The molecule has 0 bridgehead atoms. The second kappa shape index (κ2) is 4.75. The summed E-state index contributed by atoms with van der Waals surface area (Å²) in [6.07, 6.45) is 1.02. The highest BCUT2D eigenvalue weighted by Gasteiger charge is 2.20. The zero-order valence-corrected chi connectivity index (χ0v) is 10.3. The fourth-order valence-electron chi connectivity index (χ4n) is 2.13. The number of hydrogen-bond acceptors (Lipinski definition) is 3. The van der Waals surface area contributed by atoms with Crippen molar-refractivity contribution in [1.82, 2.24) is 4.90 Å². The van der Waals surface area contributed by atoms with Crippen LogP contribution in [0, 0.1) is 0 Å². The largest absolute Gasteiger partial charge is 0.478 e. The van der Waals surface area contributed by atoms with Gasteiger partial charge in [0.15, 0.2) is 0 Å². The van der Waals surface area contributed by atoms with Crippen molar-refractivity contribution in [2.45, 2.75) is 6.42 Å². The van der Waals surface area contributed by atoms with Crippen molar-refractivity contribution in [3.05, 3.63) is 29.3 Å². The molecule has 2 rings (SSSR count). The monoisotopic (exact) mass is 234 g/mol. The topological polar surface area (TPSA) is 43.8 Å². The summed E-state index contributed by atoms with van der Waals surface area (Å²) in [5.41, 5.74) is 2.72. The third-order valence-electron chi connectivity index (χ3n) is 3.14. The Morgan fingerprint density at radius 3 is 2.88 bits per heavy atom. The molecule has 0 unspecified atom stereocenters. The van der Waals surface area contributed by atoms with Crippen LogP contribution in [-0.4, -0.2) is 49.7 Å². The van der Waals surface area contributed by atoms with Gasteiger partial charge in [-0.15, -0.1) is 0 Å². The Bertz CT molecular complexity index is 429. The number of carbonyl (C=O) groups is 1. The molecule has 17 heavy (non-hydrogen) atoms. The molecule has 0 aliphatic carbocycles. The molecule has 1 aromatic rings. The molecular formula is C13H18N2O2. The fourth-order valence-corrected chi connectivity index (χ4v) is 2.13. The van der Waals surface area contributed by atoms with Crippen molar-refractivity contribution < 1.29 is 9.90 Å². The summed E-state index contributed by atoms with van der Waals surface area (Å²) in [6, 6.07) is 5.42. The lowest BCUT2D eigenvalue weighted by atomic mass is 10.1. The fraction of sp³-hybridized carbons (Fsp3) is 0.462. The quantitative estimate of drug-likeness (QED) is 0.853. The molecule has 1 heterocycles. The maximum Gasteiger partial charge on any atom is 0.335 e. The number of hydrogen-bond donors (Lipinski definition) is 1. The van der Waals surface area contributed by atoms with E-state index < -0.39 is 5.97 Å². The van der Waals surface area contributed by atoms with E-state index >= 15 is 0 Å². The average Bonchev–Trinajstić information content (AvgIpc) is 2.68. The molecule has 0 spiro atoms. The van der Waals surface area contributed by atoms with Crippen LogP contribution >= 0.6 is 0 Å². The number of carboxylic acids is 1. The number of fused-ring (bicyclic) bond motifs is 1. The van der Waals surface area contributed by atoms with Crippen LogP contribution in [0.4, 0.5) is 5.69 Å². The lowest BCUT2D eigenvalue weighted by Crippen LogP contribution is -2.30. The first-order valence-electron chi connectivity index (χ1n) is 5.84. The Labute approximate surface area is 101 Å². The van der Waals surface area contributed by atoms with Crippen molar-refractivity contribution in [3.8, 4) is 0 Å². The lowest BCUT2D eigenvalue weighted by Gasteiger charge is -2.21. The van der Waals surface area contributed by atoms with Gasteiger partial charge in [0.1, 0.15) is 0 Å². The molecule has 0 aromatic heterocycles. The number of aromatic carboxylic acids is 1. The number of nitrogens with zero attached hydrogens (tertiary/aromatic N) is 2. The third-order valence-corrected chi connectivity index (χ3v) is 3.14. The van der Waals surface area contributed by atoms with E-state index in [1.807, 2.05) is 20.2 Å². The molecule has 0 amide bonds. The summed E-state index contributed by atoms with van der Waals surface area (Å²) in [4.78, 5) is 15.4. The number of anilines is 1. The molecule has 0 radical (unpaired) electrons. The van der Waals surface area contributed by atoms with Crippen molar-refractivity contribution in [1.29, 1.82) is 0 Å². The molecule has 1 aliphatic heterocycles. The number of benzene rings is 1. The molecule has 1 aliphatic rings. The minimum absolute atomic E-state index is 0.375. The van der Waals surface area contributed by atoms with Crippen molar-refractivity contribution in [3.63, 3.8) is 0 Å². The normalized spacial score (nSPS) is 14.2. The van der Waals surface area contributed by atoms with E-state index in [9.17, 15) is 4.79 Å². The van der Waals surface area contributed by atoms with Crippen LogP contribution in [-0.2, 0) is 6.42 Å². The Balaban J connectivity index is 2.17. The van der Waals surface area contributed by atoms with Crippen LogP contribution in [0.25, 0.3) is 0 Å². The molecule has 0 fully saturated rings. The number of rotatable bonds is 4. The first-order valence-corrected chi connectivity index (χ1v) is 5.84. The molecule has 92 valence electrons. The van der Waals surface area contributed by atoms with Gasteiger partial charge in [0.2, 0.25) is 0 Å². The summed E-state index contributed by atoms with van der Waals surface area (Å²) in [5, 5.41) is 8.99. The Morgan fingerprint density at radius 1 is 1.47 bits per heavy atom. The van der Waals surface area contributed by atoms with Gasteiger partial charge in [-0.2, -0.15) is 0 Å². The Hall–Kier alpha value is -1.55. The Kier molecular flexibility index (Phi) is 3.33. The van der Waals surface area contributed by atoms with Gasteiger partial charge in [-0.05, 0) is 38.2 Å². The molecular weight excluding hydrogens is 216 g/mol. The van der Waals surface area contributed by atoms with Gasteiger partial charge in [0, 0.05) is 25.3 Å². The Morgan fingerprint density at radius 2 is 2.24 bits per heavy atom. The van der Waals surface area contributed by atoms with E-state index in [-0.39, 0.29) is 0 Å². The summed E-state index contributed by atoms with van der Waals surface area (Å²) in [7, 11) is 4.09. The zero-order chi connectivity index (χ0) is 12.4. The van der Waals surface area contributed by atoms with Crippen LogP contribution in [0.5, 0.6) is 0 Å². The van der Waals surface area contributed by atoms with Gasteiger partial charge in [-0.1, -0.05) is 6.07 Å². The molecule has 0 saturated heterocycles. The van der Waals surface area contributed by atoms with Crippen LogP contribution in [0.3, 0.4) is 0 Å². The van der Waals surface area contributed by atoms with Crippen molar-refractivity contribution in [2.24, 2.45) is 0 Å².